The summed E-state index contributed by atoms with van der Waals surface area (Å²) in [7, 11) is 0. The molecule has 3 heterocycles. The number of carbonyl (C=O) groups is 3. The Balaban J connectivity index is 1.69. The summed E-state index contributed by atoms with van der Waals surface area (Å²) in [6.45, 7) is 3.15. The molecule has 2 unspecified atom stereocenters. The first-order valence-corrected chi connectivity index (χ1v) is 8.72. The van der Waals surface area contributed by atoms with Crippen LogP contribution in [-0.2, 0) is 9.59 Å². The molecule has 0 saturated heterocycles. The van der Waals surface area contributed by atoms with Gasteiger partial charge in [0.1, 0.15) is 11.6 Å². The highest BCUT2D eigenvalue weighted by Gasteiger charge is 2.38. The Kier molecular flexibility index (Phi) is 4.14. The van der Waals surface area contributed by atoms with Crippen LogP contribution in [0.5, 0.6) is 11.5 Å². The van der Waals surface area contributed by atoms with Crippen LogP contribution in [0.15, 0.2) is 30.3 Å². The number of nitrogen functional groups attached to an aromatic ring is 1. The number of nitrogens with one attached hydrogen (secondary N) is 1. The maximum Gasteiger partial charge on any atom is 0.269 e. The summed E-state index contributed by atoms with van der Waals surface area (Å²) in [5, 5.41) is 2.67. The summed E-state index contributed by atoms with van der Waals surface area (Å²) in [6, 6.07) is 7.08. The molecule has 28 heavy (non-hydrogen) atoms. The third kappa shape index (κ3) is 2.90. The van der Waals surface area contributed by atoms with E-state index >= 15 is 0 Å². The molecule has 144 valence electrons. The number of ether oxygens (including phenoxy) is 2. The fourth-order valence-electron chi connectivity index (χ4n) is 3.23. The third-order valence-electron chi connectivity index (χ3n) is 4.64. The molecule has 9 nitrogen and oxygen atoms in total. The smallest absolute Gasteiger partial charge is 0.269 e. The second kappa shape index (κ2) is 6.52. The van der Waals surface area contributed by atoms with Crippen molar-refractivity contribution in [3.8, 4) is 11.5 Å². The van der Waals surface area contributed by atoms with Gasteiger partial charge in [0.25, 0.3) is 11.8 Å². The van der Waals surface area contributed by atoms with Crippen molar-refractivity contribution in [2.75, 3.05) is 22.6 Å². The van der Waals surface area contributed by atoms with E-state index in [0.717, 1.165) is 0 Å². The van der Waals surface area contributed by atoms with E-state index in [2.05, 4.69) is 10.3 Å². The number of pyridine rings is 1. The summed E-state index contributed by atoms with van der Waals surface area (Å²) >= 11 is 0. The van der Waals surface area contributed by atoms with Gasteiger partial charge in [0.05, 0.1) is 11.7 Å². The number of nitrogens with two attached hydrogens (primary N) is 1. The van der Waals surface area contributed by atoms with Crippen molar-refractivity contribution in [2.24, 2.45) is 0 Å². The van der Waals surface area contributed by atoms with Crippen LogP contribution >= 0.6 is 0 Å². The molecule has 4 rings (SSSR count). The standard InChI is InChI=1S/C19H18N4O5/c1-9(17(25)11-3-4-13-12(7-11)21-16(24)8-27-13)23-18-14(5-6-15(20)22-18)28-10(2)19(23)26/h3-7,9-10H,8H2,1-2H3,(H2,20,22)(H,21,24). The van der Waals surface area contributed by atoms with Crippen LogP contribution in [0.3, 0.4) is 0 Å². The normalized spacial score (nSPS) is 18.9. The minimum Gasteiger partial charge on any atom is -0.482 e. The molecule has 2 aliphatic heterocycles. The Bertz CT molecular complexity index is 1010. The lowest BCUT2D eigenvalue weighted by Crippen LogP contribution is -2.52. The Hall–Kier alpha value is -3.62. The number of ketones is 1. The number of carbonyl (C=O) groups excluding carboxylic acids is 3. The second-order valence-electron chi connectivity index (χ2n) is 6.61. The maximum atomic E-state index is 13.1. The number of hydrogen-bond acceptors (Lipinski definition) is 7. The minimum absolute atomic E-state index is 0.0687. The SMILES string of the molecule is CC1Oc2ccc(N)nc2N(C(C)C(=O)c2ccc3c(c2)NC(=O)CO3)C1=O. The lowest BCUT2D eigenvalue weighted by atomic mass is 10.0. The summed E-state index contributed by atoms with van der Waals surface area (Å²) in [5.74, 6) is 0.283. The van der Waals surface area contributed by atoms with Crippen LogP contribution in [0, 0.1) is 0 Å². The van der Waals surface area contributed by atoms with E-state index in [1.165, 1.54) is 11.0 Å². The van der Waals surface area contributed by atoms with Crippen LogP contribution < -0.4 is 25.4 Å². The molecule has 0 fully saturated rings. The molecule has 0 saturated carbocycles. The predicted molar refractivity (Wildman–Crippen MR) is 101 cm³/mol. The molecule has 3 N–H and O–H groups in total. The first-order valence-electron chi connectivity index (χ1n) is 8.72. The quantitative estimate of drug-likeness (QED) is 0.769. The third-order valence-corrected chi connectivity index (χ3v) is 4.64. The van der Waals surface area contributed by atoms with Gasteiger partial charge < -0.3 is 20.5 Å². The lowest BCUT2D eigenvalue weighted by molar-refractivity contribution is -0.126. The van der Waals surface area contributed by atoms with E-state index in [1.54, 1.807) is 38.1 Å². The molecule has 9 heteroatoms. The summed E-state index contributed by atoms with van der Waals surface area (Å²) in [4.78, 5) is 42.9. The van der Waals surface area contributed by atoms with Crippen molar-refractivity contribution in [2.45, 2.75) is 26.0 Å². The van der Waals surface area contributed by atoms with Gasteiger partial charge in [-0.1, -0.05) is 0 Å². The monoisotopic (exact) mass is 382 g/mol. The van der Waals surface area contributed by atoms with Crippen molar-refractivity contribution in [3.63, 3.8) is 0 Å². The van der Waals surface area contributed by atoms with Gasteiger partial charge in [-0.3, -0.25) is 19.3 Å². The molecule has 0 radical (unpaired) electrons. The van der Waals surface area contributed by atoms with E-state index < -0.39 is 12.1 Å². The number of amides is 2. The van der Waals surface area contributed by atoms with Gasteiger partial charge in [-0.2, -0.15) is 0 Å². The van der Waals surface area contributed by atoms with Crippen LogP contribution in [0.1, 0.15) is 24.2 Å². The van der Waals surface area contributed by atoms with Crippen molar-refractivity contribution < 1.29 is 23.9 Å². The summed E-state index contributed by atoms with van der Waals surface area (Å²) in [6.07, 6.45) is -0.760. The van der Waals surface area contributed by atoms with Crippen molar-refractivity contribution in [1.29, 1.82) is 0 Å². The second-order valence-corrected chi connectivity index (χ2v) is 6.61. The first-order chi connectivity index (χ1) is 13.3. The number of benzene rings is 1. The molecular formula is C19H18N4O5. The van der Waals surface area contributed by atoms with Gasteiger partial charge in [-0.05, 0) is 44.2 Å². The van der Waals surface area contributed by atoms with Crippen LogP contribution in [0.2, 0.25) is 0 Å². The Labute approximate surface area is 160 Å². The molecule has 1 aromatic heterocycles. The summed E-state index contributed by atoms with van der Waals surface area (Å²) < 4.78 is 10.9. The number of anilines is 3. The molecular weight excluding hydrogens is 364 g/mol. The predicted octanol–water partition coefficient (Wildman–Crippen LogP) is 1.38. The average Bonchev–Trinajstić information content (AvgIpc) is 2.67. The van der Waals surface area contributed by atoms with Crippen LogP contribution in [0.25, 0.3) is 0 Å². The van der Waals surface area contributed by atoms with E-state index in [4.69, 9.17) is 15.2 Å². The zero-order valence-corrected chi connectivity index (χ0v) is 15.3. The molecule has 0 spiro atoms. The van der Waals surface area contributed by atoms with Gasteiger partial charge in [-0.15, -0.1) is 0 Å². The molecule has 1 aromatic carbocycles. The lowest BCUT2D eigenvalue weighted by Gasteiger charge is -2.35. The highest BCUT2D eigenvalue weighted by Crippen LogP contribution is 2.35. The molecule has 0 bridgehead atoms. The van der Waals surface area contributed by atoms with Crippen molar-refractivity contribution >= 4 is 34.9 Å². The highest BCUT2D eigenvalue weighted by atomic mass is 16.5. The van der Waals surface area contributed by atoms with Crippen molar-refractivity contribution in [1.82, 2.24) is 4.98 Å². The number of fused-ring (bicyclic) bond motifs is 2. The molecule has 2 aromatic rings. The van der Waals surface area contributed by atoms with Gasteiger partial charge in [-0.25, -0.2) is 4.98 Å². The summed E-state index contributed by atoms with van der Waals surface area (Å²) in [5.41, 5.74) is 6.50. The highest BCUT2D eigenvalue weighted by molar-refractivity contribution is 6.10. The number of rotatable bonds is 3. The van der Waals surface area contributed by atoms with E-state index in [0.29, 0.717) is 22.7 Å². The largest absolute Gasteiger partial charge is 0.482 e. The number of Topliss-reactive ketones (excluding diaryl/α,β-unsaturated/α-hetero) is 1. The zero-order chi connectivity index (χ0) is 20.0. The van der Waals surface area contributed by atoms with Gasteiger partial charge in [0, 0.05) is 5.56 Å². The number of nitrogens with zero attached hydrogens (tertiary/aromatic N) is 2. The Morgan fingerprint density at radius 3 is 2.82 bits per heavy atom. The van der Waals surface area contributed by atoms with E-state index in [9.17, 15) is 14.4 Å². The zero-order valence-electron chi connectivity index (χ0n) is 15.3. The fraction of sp³-hybridized carbons (Fsp3) is 0.263. The van der Waals surface area contributed by atoms with E-state index in [-0.39, 0.29) is 35.8 Å². The topological polar surface area (TPSA) is 124 Å². The number of aromatic nitrogens is 1. The first kappa shape index (κ1) is 17.8. The fourth-order valence-corrected chi connectivity index (χ4v) is 3.23. The Morgan fingerprint density at radius 2 is 2.04 bits per heavy atom. The Morgan fingerprint density at radius 1 is 1.29 bits per heavy atom. The maximum absolute atomic E-state index is 13.1. The molecule has 2 amide bonds. The van der Waals surface area contributed by atoms with Gasteiger partial charge >= 0.3 is 0 Å². The molecule has 2 aliphatic rings. The van der Waals surface area contributed by atoms with Crippen molar-refractivity contribution in [3.05, 3.63) is 35.9 Å². The average molecular weight is 382 g/mol. The van der Waals surface area contributed by atoms with Crippen LogP contribution in [0.4, 0.5) is 17.3 Å². The molecule has 2 atom stereocenters. The van der Waals surface area contributed by atoms with Gasteiger partial charge in [0.15, 0.2) is 30.1 Å². The number of hydrogen-bond donors (Lipinski definition) is 2. The molecule has 0 aliphatic carbocycles. The van der Waals surface area contributed by atoms with Crippen LogP contribution in [-0.4, -0.2) is 41.3 Å². The van der Waals surface area contributed by atoms with Gasteiger partial charge in [0.2, 0.25) is 0 Å². The minimum atomic E-state index is -0.856. The van der Waals surface area contributed by atoms with E-state index in [1.807, 2.05) is 0 Å².